The molecule has 2 unspecified atom stereocenters. The largest absolute Gasteiger partial charge is 0.305 e. The molecular formula is C17H25FN2. The number of hydrogen-bond acceptors (Lipinski definition) is 2. The van der Waals surface area contributed by atoms with Crippen molar-refractivity contribution in [1.29, 1.82) is 0 Å². The van der Waals surface area contributed by atoms with Gasteiger partial charge in [-0.25, -0.2) is 4.39 Å². The lowest BCUT2D eigenvalue weighted by Gasteiger charge is -2.40. The maximum Gasteiger partial charge on any atom is 0.123 e. The molecule has 2 saturated heterocycles. The van der Waals surface area contributed by atoms with Crippen LogP contribution >= 0.6 is 0 Å². The molecule has 0 bridgehead atoms. The predicted octanol–water partition coefficient (Wildman–Crippen LogP) is 3.28. The molecule has 1 aromatic carbocycles. The fourth-order valence-corrected chi connectivity index (χ4v) is 3.82. The Labute approximate surface area is 121 Å². The van der Waals surface area contributed by atoms with Crippen LogP contribution in [0.2, 0.25) is 0 Å². The molecule has 2 fully saturated rings. The van der Waals surface area contributed by atoms with Gasteiger partial charge >= 0.3 is 0 Å². The van der Waals surface area contributed by atoms with E-state index in [1.807, 2.05) is 12.1 Å². The number of fused-ring (bicyclic) bond motifs is 1. The summed E-state index contributed by atoms with van der Waals surface area (Å²) in [5.74, 6) is -0.163. The van der Waals surface area contributed by atoms with Crippen molar-refractivity contribution in [3.63, 3.8) is 0 Å². The van der Waals surface area contributed by atoms with Crippen molar-refractivity contribution in [2.24, 2.45) is 0 Å². The average Bonchev–Trinajstić information content (AvgIpc) is 2.86. The standard InChI is InChI=1S/C17H25FN2/c1-17(2,13-5-7-14(18)8-6-13)19-15-9-11-20-10-3-4-16(20)12-15/h5-8,15-16,19H,3-4,9-12H2,1-2H3. The Morgan fingerprint density at radius 3 is 2.65 bits per heavy atom. The minimum absolute atomic E-state index is 0.0981. The Hall–Kier alpha value is -0.930. The van der Waals surface area contributed by atoms with Crippen molar-refractivity contribution in [3.8, 4) is 0 Å². The summed E-state index contributed by atoms with van der Waals surface area (Å²) < 4.78 is 13.1. The molecule has 0 saturated carbocycles. The molecule has 2 atom stereocenters. The highest BCUT2D eigenvalue weighted by molar-refractivity contribution is 5.23. The summed E-state index contributed by atoms with van der Waals surface area (Å²) in [5, 5.41) is 3.79. The van der Waals surface area contributed by atoms with Gasteiger partial charge in [-0.2, -0.15) is 0 Å². The third kappa shape index (κ3) is 2.89. The number of nitrogens with zero attached hydrogens (tertiary/aromatic N) is 1. The minimum Gasteiger partial charge on any atom is -0.305 e. The first-order valence-corrected chi connectivity index (χ1v) is 7.82. The summed E-state index contributed by atoms with van der Waals surface area (Å²) in [6.45, 7) is 6.91. The van der Waals surface area contributed by atoms with Crippen LogP contribution < -0.4 is 5.32 Å². The van der Waals surface area contributed by atoms with Crippen LogP contribution in [0.3, 0.4) is 0 Å². The highest BCUT2D eigenvalue weighted by Gasteiger charge is 2.34. The Kier molecular flexibility index (Phi) is 3.83. The van der Waals surface area contributed by atoms with Gasteiger partial charge in [-0.1, -0.05) is 12.1 Å². The van der Waals surface area contributed by atoms with Gasteiger partial charge in [0, 0.05) is 17.6 Å². The molecule has 2 nitrogen and oxygen atoms in total. The molecule has 3 rings (SSSR count). The van der Waals surface area contributed by atoms with E-state index in [9.17, 15) is 4.39 Å². The van der Waals surface area contributed by atoms with E-state index in [2.05, 4.69) is 24.1 Å². The second-order valence-electron chi connectivity index (χ2n) is 6.83. The molecule has 0 spiro atoms. The summed E-state index contributed by atoms with van der Waals surface area (Å²) in [7, 11) is 0. The molecule has 2 aliphatic heterocycles. The van der Waals surface area contributed by atoms with E-state index in [-0.39, 0.29) is 11.4 Å². The molecule has 20 heavy (non-hydrogen) atoms. The maximum atomic E-state index is 13.1. The van der Waals surface area contributed by atoms with E-state index in [1.54, 1.807) is 12.1 Å². The van der Waals surface area contributed by atoms with Crippen LogP contribution in [0.15, 0.2) is 24.3 Å². The molecule has 2 aliphatic rings. The maximum absolute atomic E-state index is 13.1. The Bertz CT molecular complexity index is 455. The zero-order valence-electron chi connectivity index (χ0n) is 12.5. The van der Waals surface area contributed by atoms with Crippen LogP contribution in [0.1, 0.15) is 45.1 Å². The van der Waals surface area contributed by atoms with Gasteiger partial charge in [-0.15, -0.1) is 0 Å². The molecule has 1 N–H and O–H groups in total. The van der Waals surface area contributed by atoms with E-state index in [0.717, 1.165) is 11.6 Å². The number of nitrogens with one attached hydrogen (secondary N) is 1. The van der Waals surface area contributed by atoms with Crippen molar-refractivity contribution >= 4 is 0 Å². The second-order valence-corrected chi connectivity index (χ2v) is 6.83. The summed E-state index contributed by atoms with van der Waals surface area (Å²) in [4.78, 5) is 2.64. The molecule has 0 aliphatic carbocycles. The molecular weight excluding hydrogens is 251 g/mol. The summed E-state index contributed by atoms with van der Waals surface area (Å²) in [6.07, 6.45) is 5.19. The van der Waals surface area contributed by atoms with Crippen molar-refractivity contribution in [3.05, 3.63) is 35.6 Å². The second kappa shape index (κ2) is 5.45. The summed E-state index contributed by atoms with van der Waals surface area (Å²) in [5.41, 5.74) is 1.06. The van der Waals surface area contributed by atoms with Crippen molar-refractivity contribution in [2.75, 3.05) is 13.1 Å². The molecule has 1 aromatic rings. The molecule has 110 valence electrons. The smallest absolute Gasteiger partial charge is 0.123 e. The number of rotatable bonds is 3. The Balaban J connectivity index is 1.65. The first-order chi connectivity index (χ1) is 9.54. The lowest BCUT2D eigenvalue weighted by molar-refractivity contribution is 0.150. The van der Waals surface area contributed by atoms with Gasteiger partial charge in [0.05, 0.1) is 0 Å². The van der Waals surface area contributed by atoms with Gasteiger partial charge in [-0.3, -0.25) is 0 Å². The number of piperidine rings is 1. The van der Waals surface area contributed by atoms with Crippen LogP contribution in [-0.4, -0.2) is 30.1 Å². The normalized spacial score (nSPS) is 27.6. The minimum atomic E-state index is -0.163. The fraction of sp³-hybridized carbons (Fsp3) is 0.647. The molecule has 0 radical (unpaired) electrons. The number of benzene rings is 1. The van der Waals surface area contributed by atoms with Crippen molar-refractivity contribution in [2.45, 2.75) is 57.2 Å². The lowest BCUT2D eigenvalue weighted by atomic mass is 9.90. The molecule has 0 amide bonds. The van der Waals surface area contributed by atoms with Crippen LogP contribution in [0.5, 0.6) is 0 Å². The fourth-order valence-electron chi connectivity index (χ4n) is 3.82. The topological polar surface area (TPSA) is 15.3 Å². The third-order valence-electron chi connectivity index (χ3n) is 4.95. The van der Waals surface area contributed by atoms with Gasteiger partial charge in [0.15, 0.2) is 0 Å². The summed E-state index contributed by atoms with van der Waals surface area (Å²) in [6, 6.07) is 8.26. The van der Waals surface area contributed by atoms with Crippen molar-refractivity contribution < 1.29 is 4.39 Å². The van der Waals surface area contributed by atoms with E-state index in [1.165, 1.54) is 38.8 Å². The van der Waals surface area contributed by atoms with Gasteiger partial charge in [0.2, 0.25) is 0 Å². The van der Waals surface area contributed by atoms with Crippen LogP contribution in [0.4, 0.5) is 4.39 Å². The van der Waals surface area contributed by atoms with E-state index >= 15 is 0 Å². The zero-order chi connectivity index (χ0) is 14.2. The molecule has 0 aromatic heterocycles. The Morgan fingerprint density at radius 2 is 1.90 bits per heavy atom. The molecule has 2 heterocycles. The zero-order valence-corrected chi connectivity index (χ0v) is 12.5. The number of hydrogen-bond donors (Lipinski definition) is 1. The van der Waals surface area contributed by atoms with E-state index < -0.39 is 0 Å². The van der Waals surface area contributed by atoms with Crippen LogP contribution in [0, 0.1) is 5.82 Å². The van der Waals surface area contributed by atoms with Gasteiger partial charge < -0.3 is 10.2 Å². The van der Waals surface area contributed by atoms with Gasteiger partial charge in [0.25, 0.3) is 0 Å². The quantitative estimate of drug-likeness (QED) is 0.911. The van der Waals surface area contributed by atoms with Gasteiger partial charge in [-0.05, 0) is 70.3 Å². The van der Waals surface area contributed by atoms with Crippen LogP contribution in [0.25, 0.3) is 0 Å². The predicted molar refractivity (Wildman–Crippen MR) is 80.2 cm³/mol. The molecule has 3 heteroatoms. The highest BCUT2D eigenvalue weighted by Crippen LogP contribution is 2.29. The van der Waals surface area contributed by atoms with Crippen LogP contribution in [-0.2, 0) is 5.54 Å². The van der Waals surface area contributed by atoms with E-state index in [4.69, 9.17) is 0 Å². The SMILES string of the molecule is CC(C)(NC1CCN2CCCC2C1)c1ccc(F)cc1. The first-order valence-electron chi connectivity index (χ1n) is 7.82. The number of halogens is 1. The average molecular weight is 276 g/mol. The first kappa shape index (κ1) is 14.0. The highest BCUT2D eigenvalue weighted by atomic mass is 19.1. The van der Waals surface area contributed by atoms with Crippen molar-refractivity contribution in [1.82, 2.24) is 10.2 Å². The third-order valence-corrected chi connectivity index (χ3v) is 4.95. The van der Waals surface area contributed by atoms with E-state index in [0.29, 0.717) is 6.04 Å². The Morgan fingerprint density at radius 1 is 1.15 bits per heavy atom. The monoisotopic (exact) mass is 276 g/mol. The van der Waals surface area contributed by atoms with Gasteiger partial charge in [0.1, 0.15) is 5.82 Å². The summed E-state index contributed by atoms with van der Waals surface area (Å²) >= 11 is 0. The lowest BCUT2D eigenvalue weighted by Crippen LogP contribution is -2.51.